The van der Waals surface area contributed by atoms with Crippen molar-refractivity contribution in [2.75, 3.05) is 6.54 Å². The molecule has 0 aromatic carbocycles. The molecule has 0 aliphatic carbocycles. The van der Waals surface area contributed by atoms with Crippen LogP contribution in [0.2, 0.25) is 0 Å². The van der Waals surface area contributed by atoms with Crippen LogP contribution in [0.1, 0.15) is 90.9 Å². The van der Waals surface area contributed by atoms with Gasteiger partial charge in [-0.25, -0.2) is 0 Å². The third kappa shape index (κ3) is 22.0. The Labute approximate surface area is 256 Å². The maximum Gasteiger partial charge on any atom is 0.140 e. The van der Waals surface area contributed by atoms with Crippen molar-refractivity contribution in [2.45, 2.75) is 152 Å². The lowest BCUT2D eigenvalue weighted by Crippen LogP contribution is -2.30. The summed E-state index contributed by atoms with van der Waals surface area (Å²) in [4.78, 5) is 12.1. The van der Waals surface area contributed by atoms with E-state index in [1.54, 1.807) is 19.9 Å². The van der Waals surface area contributed by atoms with E-state index in [9.17, 15) is 55.9 Å². The first-order valence-electron chi connectivity index (χ1n) is 15.5. The maximum atomic E-state index is 12.1. The van der Waals surface area contributed by atoms with Crippen LogP contribution in [-0.4, -0.2) is 124 Å². The van der Waals surface area contributed by atoms with Gasteiger partial charge in [0.25, 0.3) is 0 Å². The molecule has 0 rings (SSSR count). The predicted molar refractivity (Wildman–Crippen MR) is 163 cm³/mol. The number of nitrogens with two attached hydrogens (primary N) is 1. The van der Waals surface area contributed by atoms with Gasteiger partial charge in [-0.2, -0.15) is 0 Å². The number of hydrogen-bond donors (Lipinski definition) is 11. The standard InChI is InChI=1S/C31H59NO11/c1-3-30(42)20(2)31(43)19-29(41)18-28(40)16-24(36)10-5-9-23(35)15-27(39)17-26(38)14-22(34)8-4-7-21(33)13-25(37)11-6-12-32/h4-5,8,10,20-30,33-42H,3,6-7,9,11-19,32H2,1-2H3/b8-4+,10-5+. The second-order valence-electron chi connectivity index (χ2n) is 11.8. The monoisotopic (exact) mass is 621 g/mol. The van der Waals surface area contributed by atoms with E-state index in [2.05, 4.69) is 0 Å². The van der Waals surface area contributed by atoms with E-state index in [1.807, 2.05) is 0 Å². The van der Waals surface area contributed by atoms with Gasteiger partial charge in [0.1, 0.15) is 5.78 Å². The molecule has 12 heteroatoms. The third-order valence-electron chi connectivity index (χ3n) is 7.42. The fraction of sp³-hybridized carbons (Fsp3) is 0.839. The molecule has 0 saturated carbocycles. The fourth-order valence-corrected chi connectivity index (χ4v) is 4.78. The third-order valence-corrected chi connectivity index (χ3v) is 7.42. The van der Waals surface area contributed by atoms with E-state index >= 15 is 0 Å². The van der Waals surface area contributed by atoms with Crippen LogP contribution in [0.5, 0.6) is 0 Å². The molecule has 12 nitrogen and oxygen atoms in total. The van der Waals surface area contributed by atoms with E-state index in [1.165, 1.54) is 18.2 Å². The van der Waals surface area contributed by atoms with Crippen molar-refractivity contribution in [2.24, 2.45) is 11.7 Å². The van der Waals surface area contributed by atoms with Gasteiger partial charge >= 0.3 is 0 Å². The number of rotatable bonds is 26. The minimum Gasteiger partial charge on any atom is -0.393 e. The summed E-state index contributed by atoms with van der Waals surface area (Å²) in [5.74, 6) is -0.915. The number of Topliss-reactive ketones (excluding diaryl/α,β-unsaturated/α-hetero) is 1. The number of carbonyl (C=O) groups excluding carboxylic acids is 1. The van der Waals surface area contributed by atoms with Gasteiger partial charge in [-0.05, 0) is 64.3 Å². The van der Waals surface area contributed by atoms with Crippen molar-refractivity contribution in [3.63, 3.8) is 0 Å². The first-order chi connectivity index (χ1) is 20.2. The average molecular weight is 622 g/mol. The Morgan fingerprint density at radius 2 is 1.05 bits per heavy atom. The van der Waals surface area contributed by atoms with Crippen LogP contribution in [0.25, 0.3) is 0 Å². The highest BCUT2D eigenvalue weighted by Crippen LogP contribution is 2.17. The second kappa shape index (κ2) is 24.0. The maximum absolute atomic E-state index is 12.1. The largest absolute Gasteiger partial charge is 0.393 e. The average Bonchev–Trinajstić information content (AvgIpc) is 2.90. The van der Waals surface area contributed by atoms with Gasteiger partial charge in [0.2, 0.25) is 0 Å². The molecule has 12 N–H and O–H groups in total. The van der Waals surface area contributed by atoms with Gasteiger partial charge in [-0.3, -0.25) is 4.79 Å². The molecule has 0 heterocycles. The highest BCUT2D eigenvalue weighted by molar-refractivity contribution is 5.81. The topological polar surface area (TPSA) is 245 Å². The van der Waals surface area contributed by atoms with E-state index in [4.69, 9.17) is 5.73 Å². The van der Waals surface area contributed by atoms with Gasteiger partial charge in [0.05, 0.1) is 61.0 Å². The summed E-state index contributed by atoms with van der Waals surface area (Å²) in [6.07, 6.45) is -2.03. The predicted octanol–water partition coefficient (Wildman–Crippen LogP) is -0.427. The first-order valence-corrected chi connectivity index (χ1v) is 15.5. The lowest BCUT2D eigenvalue weighted by Gasteiger charge is -2.20. The Morgan fingerprint density at radius 1 is 0.628 bits per heavy atom. The molecule has 0 fully saturated rings. The van der Waals surface area contributed by atoms with E-state index in [0.717, 1.165) is 0 Å². The molecule has 0 saturated heterocycles. The number of ketones is 1. The van der Waals surface area contributed by atoms with Crippen molar-refractivity contribution in [3.8, 4) is 0 Å². The molecular weight excluding hydrogens is 562 g/mol. The fourth-order valence-electron chi connectivity index (χ4n) is 4.78. The lowest BCUT2D eigenvalue weighted by atomic mass is 9.92. The van der Waals surface area contributed by atoms with E-state index in [-0.39, 0.29) is 63.6 Å². The molecule has 43 heavy (non-hydrogen) atoms. The summed E-state index contributed by atoms with van der Waals surface area (Å²) in [5.41, 5.74) is 5.39. The molecule has 0 aliphatic rings. The summed E-state index contributed by atoms with van der Waals surface area (Å²) in [5, 5.41) is 100. The van der Waals surface area contributed by atoms with Crippen LogP contribution >= 0.6 is 0 Å². The highest BCUT2D eigenvalue weighted by Gasteiger charge is 2.24. The van der Waals surface area contributed by atoms with Gasteiger partial charge in [-0.15, -0.1) is 0 Å². The van der Waals surface area contributed by atoms with E-state index in [0.29, 0.717) is 25.8 Å². The van der Waals surface area contributed by atoms with Crippen LogP contribution in [0.3, 0.4) is 0 Å². The molecule has 11 atom stereocenters. The van der Waals surface area contributed by atoms with Crippen LogP contribution in [-0.2, 0) is 4.79 Å². The molecule has 0 radical (unpaired) electrons. The lowest BCUT2D eigenvalue weighted by molar-refractivity contribution is -0.128. The molecule has 0 aromatic rings. The summed E-state index contributed by atoms with van der Waals surface area (Å²) in [6.45, 7) is 3.81. The van der Waals surface area contributed by atoms with Gasteiger partial charge in [0, 0.05) is 25.2 Å². The summed E-state index contributed by atoms with van der Waals surface area (Å²) < 4.78 is 0. The molecule has 0 bridgehead atoms. The van der Waals surface area contributed by atoms with E-state index < -0.39 is 67.0 Å². The Balaban J connectivity index is 4.30. The van der Waals surface area contributed by atoms with Crippen LogP contribution in [0, 0.1) is 5.92 Å². The van der Waals surface area contributed by atoms with Crippen molar-refractivity contribution in [3.05, 3.63) is 24.3 Å². The zero-order chi connectivity index (χ0) is 32.9. The van der Waals surface area contributed by atoms with Gasteiger partial charge < -0.3 is 56.8 Å². The molecular formula is C31H59NO11. The smallest absolute Gasteiger partial charge is 0.140 e. The van der Waals surface area contributed by atoms with Crippen molar-refractivity contribution >= 4 is 5.78 Å². The van der Waals surface area contributed by atoms with Crippen molar-refractivity contribution in [1.82, 2.24) is 0 Å². The number of carbonyl (C=O) groups is 1. The Hall–Kier alpha value is -1.29. The Kier molecular flexibility index (Phi) is 23.3. The molecule has 0 aromatic heterocycles. The SMILES string of the molecule is CCC(O)C(C)C(=O)CC(O)CC(O)CC(O)/C=C/CC(O)CC(O)CC(O)CC(O)/C=C/CC(O)CC(O)CCCN. The van der Waals surface area contributed by atoms with Gasteiger partial charge in [0.15, 0.2) is 0 Å². The Morgan fingerprint density at radius 3 is 1.51 bits per heavy atom. The molecule has 0 amide bonds. The minimum atomic E-state index is -1.11. The number of aliphatic hydroxyl groups excluding tert-OH is 10. The normalized spacial score (nSPS) is 20.3. The zero-order valence-electron chi connectivity index (χ0n) is 25.8. The summed E-state index contributed by atoms with van der Waals surface area (Å²) >= 11 is 0. The van der Waals surface area contributed by atoms with Crippen LogP contribution in [0.15, 0.2) is 24.3 Å². The second-order valence-corrected chi connectivity index (χ2v) is 11.8. The van der Waals surface area contributed by atoms with Crippen LogP contribution < -0.4 is 5.73 Å². The van der Waals surface area contributed by atoms with Crippen LogP contribution in [0.4, 0.5) is 0 Å². The summed E-state index contributed by atoms with van der Waals surface area (Å²) in [6, 6.07) is 0. The highest BCUT2D eigenvalue weighted by atomic mass is 16.3. The first kappa shape index (κ1) is 41.7. The van der Waals surface area contributed by atoms with Gasteiger partial charge in [-0.1, -0.05) is 38.2 Å². The molecule has 0 aliphatic heterocycles. The number of hydrogen-bond acceptors (Lipinski definition) is 12. The zero-order valence-corrected chi connectivity index (χ0v) is 25.8. The minimum absolute atomic E-state index is 0.0455. The molecule has 0 spiro atoms. The quantitative estimate of drug-likeness (QED) is 0.0551. The van der Waals surface area contributed by atoms with Crippen molar-refractivity contribution in [1.29, 1.82) is 0 Å². The number of aliphatic hydroxyl groups is 10. The van der Waals surface area contributed by atoms with Crippen molar-refractivity contribution < 1.29 is 55.9 Å². The molecule has 11 unspecified atom stereocenters. The molecule has 254 valence electrons. The summed E-state index contributed by atoms with van der Waals surface area (Å²) in [7, 11) is 0. The Bertz CT molecular complexity index is 768.